The van der Waals surface area contributed by atoms with E-state index in [-0.39, 0.29) is 5.91 Å². The van der Waals surface area contributed by atoms with Gasteiger partial charge in [-0.1, -0.05) is 30.3 Å². The van der Waals surface area contributed by atoms with E-state index in [0.717, 1.165) is 41.6 Å². The summed E-state index contributed by atoms with van der Waals surface area (Å²) in [6.45, 7) is 3.89. The number of nitrogens with one attached hydrogen (secondary N) is 1. The average Bonchev–Trinajstić information content (AvgIpc) is 3.22. The Bertz CT molecular complexity index is 668. The summed E-state index contributed by atoms with van der Waals surface area (Å²) in [5.41, 5.74) is 1.79. The monoisotopic (exact) mass is 337 g/mol. The van der Waals surface area contributed by atoms with Crippen molar-refractivity contribution >= 4 is 40.3 Å². The van der Waals surface area contributed by atoms with Gasteiger partial charge in [-0.15, -0.1) is 0 Å². The number of nitrogens with zero attached hydrogens (tertiary/aromatic N) is 2. The van der Waals surface area contributed by atoms with Crippen molar-refractivity contribution < 1.29 is 4.79 Å². The standard InChI is InChI=1S/C16H20ClN3OS/c1-2-7-20(9-11-3-4-11)15(21)10-22-16-18-13-6-5-12(17)8-14(13)19-16/h5-6,8,11H,2-4,7,9-10H2,1H3,(H,18,19). The molecule has 1 aliphatic carbocycles. The van der Waals surface area contributed by atoms with Crippen molar-refractivity contribution in [3.8, 4) is 0 Å². The lowest BCUT2D eigenvalue weighted by molar-refractivity contribution is -0.128. The molecule has 0 aliphatic heterocycles. The van der Waals surface area contributed by atoms with Gasteiger partial charge in [0, 0.05) is 18.1 Å². The molecule has 4 nitrogen and oxygen atoms in total. The maximum absolute atomic E-state index is 12.4. The van der Waals surface area contributed by atoms with E-state index in [2.05, 4.69) is 16.9 Å². The van der Waals surface area contributed by atoms with Crippen LogP contribution in [-0.2, 0) is 4.79 Å². The minimum atomic E-state index is 0.206. The molecule has 1 aliphatic rings. The summed E-state index contributed by atoms with van der Waals surface area (Å²) in [5, 5.41) is 1.45. The molecule has 6 heteroatoms. The van der Waals surface area contributed by atoms with Crippen molar-refractivity contribution in [2.75, 3.05) is 18.8 Å². The zero-order valence-corrected chi connectivity index (χ0v) is 14.2. The Morgan fingerprint density at radius 1 is 1.50 bits per heavy atom. The number of hydrogen-bond donors (Lipinski definition) is 1. The molecular formula is C16H20ClN3OS. The van der Waals surface area contributed by atoms with Crippen LogP contribution in [0, 0.1) is 5.92 Å². The molecule has 22 heavy (non-hydrogen) atoms. The van der Waals surface area contributed by atoms with E-state index in [4.69, 9.17) is 11.6 Å². The van der Waals surface area contributed by atoms with Crippen LogP contribution >= 0.6 is 23.4 Å². The number of carbonyl (C=O) groups is 1. The Hall–Kier alpha value is -1.20. The number of aromatic nitrogens is 2. The minimum absolute atomic E-state index is 0.206. The summed E-state index contributed by atoms with van der Waals surface area (Å²) in [6, 6.07) is 5.56. The molecule has 2 aromatic rings. The molecule has 0 bridgehead atoms. The lowest BCUT2D eigenvalue weighted by Crippen LogP contribution is -2.34. The molecule has 1 saturated carbocycles. The Morgan fingerprint density at radius 3 is 3.05 bits per heavy atom. The van der Waals surface area contributed by atoms with Crippen LogP contribution in [0.5, 0.6) is 0 Å². The van der Waals surface area contributed by atoms with E-state index in [0.29, 0.717) is 10.8 Å². The minimum Gasteiger partial charge on any atom is -0.342 e. The van der Waals surface area contributed by atoms with Gasteiger partial charge in [0.15, 0.2) is 5.16 Å². The summed E-state index contributed by atoms with van der Waals surface area (Å²) in [6.07, 6.45) is 3.54. The number of amides is 1. The van der Waals surface area contributed by atoms with Gasteiger partial charge in [0.05, 0.1) is 16.8 Å². The van der Waals surface area contributed by atoms with Gasteiger partial charge in [0.1, 0.15) is 0 Å². The average molecular weight is 338 g/mol. The number of aromatic amines is 1. The predicted molar refractivity (Wildman–Crippen MR) is 91.4 cm³/mol. The van der Waals surface area contributed by atoms with Gasteiger partial charge in [0.2, 0.25) is 5.91 Å². The highest BCUT2D eigenvalue weighted by Gasteiger charge is 2.26. The number of H-pyrrole nitrogens is 1. The van der Waals surface area contributed by atoms with Crippen molar-refractivity contribution in [2.24, 2.45) is 5.92 Å². The molecule has 118 valence electrons. The maximum Gasteiger partial charge on any atom is 0.233 e. The lowest BCUT2D eigenvalue weighted by atomic mass is 10.3. The van der Waals surface area contributed by atoms with Crippen LogP contribution in [0.2, 0.25) is 5.02 Å². The van der Waals surface area contributed by atoms with Crippen LogP contribution in [0.1, 0.15) is 26.2 Å². The summed E-state index contributed by atoms with van der Waals surface area (Å²) in [4.78, 5) is 22.1. The molecule has 3 rings (SSSR count). The normalized spacial score (nSPS) is 14.5. The summed E-state index contributed by atoms with van der Waals surface area (Å²) in [7, 11) is 0. The molecule has 0 atom stereocenters. The Balaban J connectivity index is 1.60. The highest BCUT2D eigenvalue weighted by Crippen LogP contribution is 2.30. The SMILES string of the molecule is CCCN(CC1CC1)C(=O)CSc1nc2ccc(Cl)cc2[nH]1. The number of carbonyl (C=O) groups excluding carboxylic acids is 1. The van der Waals surface area contributed by atoms with E-state index in [9.17, 15) is 4.79 Å². The van der Waals surface area contributed by atoms with Gasteiger partial charge in [-0.25, -0.2) is 4.98 Å². The van der Waals surface area contributed by atoms with Crippen LogP contribution < -0.4 is 0 Å². The van der Waals surface area contributed by atoms with Gasteiger partial charge in [-0.05, 0) is 43.4 Å². The molecule has 0 radical (unpaired) electrons. The van der Waals surface area contributed by atoms with Crippen molar-refractivity contribution in [2.45, 2.75) is 31.3 Å². The third-order valence-electron chi connectivity index (χ3n) is 3.78. The lowest BCUT2D eigenvalue weighted by Gasteiger charge is -2.21. The molecule has 1 aromatic carbocycles. The summed E-state index contributed by atoms with van der Waals surface area (Å²) in [5.74, 6) is 1.37. The summed E-state index contributed by atoms with van der Waals surface area (Å²) < 4.78 is 0. The quantitative estimate of drug-likeness (QED) is 0.778. The second kappa shape index (κ2) is 6.92. The maximum atomic E-state index is 12.4. The number of benzene rings is 1. The van der Waals surface area contributed by atoms with Crippen LogP contribution in [-0.4, -0.2) is 39.6 Å². The molecule has 0 unspecified atom stereocenters. The van der Waals surface area contributed by atoms with Crippen molar-refractivity contribution in [3.05, 3.63) is 23.2 Å². The van der Waals surface area contributed by atoms with Crippen molar-refractivity contribution in [1.82, 2.24) is 14.9 Å². The highest BCUT2D eigenvalue weighted by molar-refractivity contribution is 7.99. The number of imidazole rings is 1. The van der Waals surface area contributed by atoms with Gasteiger partial charge in [-0.2, -0.15) is 0 Å². The van der Waals surface area contributed by atoms with Gasteiger partial charge < -0.3 is 9.88 Å². The van der Waals surface area contributed by atoms with E-state index in [1.165, 1.54) is 24.6 Å². The Morgan fingerprint density at radius 2 is 2.32 bits per heavy atom. The van der Waals surface area contributed by atoms with E-state index >= 15 is 0 Å². The molecule has 1 heterocycles. The number of fused-ring (bicyclic) bond motifs is 1. The van der Waals surface area contributed by atoms with Crippen molar-refractivity contribution in [1.29, 1.82) is 0 Å². The van der Waals surface area contributed by atoms with E-state index < -0.39 is 0 Å². The summed E-state index contributed by atoms with van der Waals surface area (Å²) >= 11 is 7.43. The van der Waals surface area contributed by atoms with Gasteiger partial charge >= 0.3 is 0 Å². The number of thioether (sulfide) groups is 1. The molecule has 0 saturated heterocycles. The van der Waals surface area contributed by atoms with Gasteiger partial charge in [-0.3, -0.25) is 4.79 Å². The van der Waals surface area contributed by atoms with E-state index in [1.807, 2.05) is 23.1 Å². The zero-order chi connectivity index (χ0) is 15.5. The third-order valence-corrected chi connectivity index (χ3v) is 4.87. The molecule has 1 aromatic heterocycles. The molecule has 1 fully saturated rings. The first kappa shape index (κ1) is 15.7. The third kappa shape index (κ3) is 3.96. The highest BCUT2D eigenvalue weighted by atomic mass is 35.5. The molecular weight excluding hydrogens is 318 g/mol. The molecule has 1 amide bonds. The first-order chi connectivity index (χ1) is 10.7. The van der Waals surface area contributed by atoms with Crippen LogP contribution in [0.3, 0.4) is 0 Å². The predicted octanol–water partition coefficient (Wildman–Crippen LogP) is 3.96. The van der Waals surface area contributed by atoms with Crippen LogP contribution in [0.25, 0.3) is 11.0 Å². The fraction of sp³-hybridized carbons (Fsp3) is 0.500. The van der Waals surface area contributed by atoms with Gasteiger partial charge in [0.25, 0.3) is 0 Å². The fourth-order valence-electron chi connectivity index (χ4n) is 2.45. The van der Waals surface area contributed by atoms with Crippen molar-refractivity contribution in [3.63, 3.8) is 0 Å². The smallest absolute Gasteiger partial charge is 0.233 e. The molecule has 0 spiro atoms. The second-order valence-corrected chi connectivity index (χ2v) is 7.18. The Labute approximate surface area is 139 Å². The topological polar surface area (TPSA) is 49.0 Å². The zero-order valence-electron chi connectivity index (χ0n) is 12.6. The first-order valence-electron chi connectivity index (χ1n) is 7.71. The Kier molecular flexibility index (Phi) is 4.93. The van der Waals surface area contributed by atoms with Crippen LogP contribution in [0.15, 0.2) is 23.4 Å². The fourth-order valence-corrected chi connectivity index (χ4v) is 3.41. The first-order valence-corrected chi connectivity index (χ1v) is 9.08. The largest absolute Gasteiger partial charge is 0.342 e. The number of rotatable bonds is 7. The number of hydrogen-bond acceptors (Lipinski definition) is 3. The molecule has 1 N–H and O–H groups in total. The van der Waals surface area contributed by atoms with E-state index in [1.54, 1.807) is 0 Å². The second-order valence-electron chi connectivity index (χ2n) is 5.78. The van der Waals surface area contributed by atoms with Crippen LogP contribution in [0.4, 0.5) is 0 Å². The number of halogens is 1.